The number of ether oxygens (including phenoxy) is 3. The lowest BCUT2D eigenvalue weighted by Gasteiger charge is -2.22. The Balaban J connectivity index is 1.64. The molecule has 4 atom stereocenters. The van der Waals surface area contributed by atoms with Gasteiger partial charge in [-0.05, 0) is 34.6 Å². The number of aliphatic hydroxyl groups excluding tert-OH is 1. The van der Waals surface area contributed by atoms with Crippen LogP contribution in [0.15, 0.2) is 30.9 Å². The summed E-state index contributed by atoms with van der Waals surface area (Å²) in [6, 6.07) is 3.56. The quantitative estimate of drug-likeness (QED) is 0.353. The van der Waals surface area contributed by atoms with Gasteiger partial charge in [0.1, 0.15) is 35.6 Å². The topological polar surface area (TPSA) is 173 Å². The Labute approximate surface area is 208 Å². The lowest BCUT2D eigenvalue weighted by Crippen LogP contribution is -2.48. The monoisotopic (exact) mass is 546 g/mol. The molecule has 0 aliphatic carbocycles. The van der Waals surface area contributed by atoms with E-state index in [4.69, 9.17) is 46.9 Å². The third-order valence-electron chi connectivity index (χ3n) is 5.34. The molecule has 0 bridgehead atoms. The third-order valence-corrected chi connectivity index (χ3v) is 6.37. The van der Waals surface area contributed by atoms with Crippen LogP contribution in [0.25, 0.3) is 11.2 Å². The van der Waals surface area contributed by atoms with Gasteiger partial charge in [0.05, 0.1) is 33.2 Å². The molecule has 188 valence electrons. The van der Waals surface area contributed by atoms with Gasteiger partial charge in [-0.3, -0.25) is 13.9 Å². The van der Waals surface area contributed by atoms with Crippen LogP contribution in [0.5, 0.6) is 11.5 Å². The molecule has 0 spiro atoms. The maximum Gasteiger partial charge on any atom is 0.380 e. The van der Waals surface area contributed by atoms with Gasteiger partial charge in [0.2, 0.25) is 0 Å². The molecule has 16 heteroatoms. The number of aromatic nitrogens is 4. The molecule has 4 rings (SSSR count). The van der Waals surface area contributed by atoms with E-state index in [-0.39, 0.29) is 11.4 Å². The van der Waals surface area contributed by atoms with E-state index in [2.05, 4.69) is 20.3 Å². The molecule has 1 aliphatic rings. The fourth-order valence-corrected chi connectivity index (χ4v) is 4.34. The Bertz CT molecular complexity index is 1270. The van der Waals surface area contributed by atoms with Gasteiger partial charge in [0.15, 0.2) is 17.7 Å². The number of methoxy groups -OCH3 is 2. The molecular formula is C19H21Cl2N6O7P. The highest BCUT2D eigenvalue weighted by Gasteiger charge is 2.47. The molecule has 1 aromatic carbocycles. The summed E-state index contributed by atoms with van der Waals surface area (Å²) in [5, 5.41) is 13.9. The number of benzene rings is 1. The second-order valence-electron chi connectivity index (χ2n) is 7.45. The Hall–Kier alpha value is -2.67. The molecule has 4 N–H and O–H groups in total. The van der Waals surface area contributed by atoms with E-state index in [1.807, 2.05) is 0 Å². The van der Waals surface area contributed by atoms with Crippen molar-refractivity contribution in [1.82, 2.24) is 24.8 Å². The van der Waals surface area contributed by atoms with Crippen molar-refractivity contribution in [2.24, 2.45) is 0 Å². The number of carbonyl (C=O) groups is 1. The second-order valence-corrected chi connectivity index (χ2v) is 11.7. The standard InChI is InChI=1S/C19H21Cl2N6O7P/c1-31-10-3-9(4-11(5-10)32-2)18(29)26-13-12(6-33-35(20,21)30)34-19(15(13)28)27-8-25-14-16(22)23-7-24-17(14)27/h3-5,7-8,12-13,15,19,28H,6H2,1-2H3,(H,26,29)(H2,22,23,24)/t12-,13+,15?,19-/m1/s1. The van der Waals surface area contributed by atoms with Crippen molar-refractivity contribution < 1.29 is 33.2 Å². The van der Waals surface area contributed by atoms with E-state index in [0.717, 1.165) is 0 Å². The number of fused-ring (bicyclic) bond motifs is 1. The number of hydrogen-bond donors (Lipinski definition) is 3. The van der Waals surface area contributed by atoms with Crippen molar-refractivity contribution >= 4 is 51.4 Å². The molecule has 1 aliphatic heterocycles. The number of carbonyl (C=O) groups excluding carboxylic acids is 1. The van der Waals surface area contributed by atoms with Crippen molar-refractivity contribution in [3.8, 4) is 11.5 Å². The van der Waals surface area contributed by atoms with Crippen LogP contribution in [-0.4, -0.2) is 69.6 Å². The predicted octanol–water partition coefficient (Wildman–Crippen LogP) is 2.08. The highest BCUT2D eigenvalue weighted by molar-refractivity contribution is 8.05. The van der Waals surface area contributed by atoms with E-state index in [0.29, 0.717) is 22.7 Å². The zero-order chi connectivity index (χ0) is 25.3. The fraction of sp³-hybridized carbons (Fsp3) is 0.368. The first-order chi connectivity index (χ1) is 16.6. The zero-order valence-corrected chi connectivity index (χ0v) is 20.8. The minimum atomic E-state index is -3.92. The number of nitrogens with zero attached hydrogens (tertiary/aromatic N) is 4. The molecule has 13 nitrogen and oxygen atoms in total. The first kappa shape index (κ1) is 25.4. The van der Waals surface area contributed by atoms with Gasteiger partial charge in [-0.25, -0.2) is 15.0 Å². The van der Waals surface area contributed by atoms with Gasteiger partial charge < -0.3 is 34.9 Å². The molecule has 1 fully saturated rings. The number of nitrogen functional groups attached to an aromatic ring is 1. The number of amides is 1. The Morgan fingerprint density at radius 2 is 1.91 bits per heavy atom. The van der Waals surface area contributed by atoms with Crippen molar-refractivity contribution in [2.75, 3.05) is 26.6 Å². The smallest absolute Gasteiger partial charge is 0.380 e. The summed E-state index contributed by atoms with van der Waals surface area (Å²) >= 11 is 11.0. The number of hydrogen-bond acceptors (Lipinski definition) is 11. The van der Waals surface area contributed by atoms with E-state index >= 15 is 0 Å². The van der Waals surface area contributed by atoms with Crippen molar-refractivity contribution in [2.45, 2.75) is 24.5 Å². The van der Waals surface area contributed by atoms with E-state index in [1.165, 1.54) is 43.6 Å². The lowest BCUT2D eigenvalue weighted by molar-refractivity contribution is -0.0451. The molecule has 2 aromatic heterocycles. The number of imidazole rings is 1. The molecule has 35 heavy (non-hydrogen) atoms. The molecule has 1 unspecified atom stereocenters. The van der Waals surface area contributed by atoms with E-state index < -0.39 is 43.1 Å². The van der Waals surface area contributed by atoms with Crippen molar-refractivity contribution in [3.05, 3.63) is 36.4 Å². The summed E-state index contributed by atoms with van der Waals surface area (Å²) in [4.78, 5) is 25.3. The maximum absolute atomic E-state index is 13.1. The van der Waals surface area contributed by atoms with Gasteiger partial charge in [-0.2, -0.15) is 0 Å². The number of nitrogens with two attached hydrogens (primary N) is 1. The minimum Gasteiger partial charge on any atom is -0.497 e. The zero-order valence-electron chi connectivity index (χ0n) is 18.4. The molecular weight excluding hydrogens is 526 g/mol. The first-order valence-electron chi connectivity index (χ1n) is 10.1. The number of anilines is 1. The van der Waals surface area contributed by atoms with Crippen LogP contribution in [0.3, 0.4) is 0 Å². The molecule has 1 amide bonds. The maximum atomic E-state index is 13.1. The second kappa shape index (κ2) is 10.1. The van der Waals surface area contributed by atoms with Crippen LogP contribution in [0.1, 0.15) is 16.6 Å². The lowest BCUT2D eigenvalue weighted by atomic mass is 10.1. The molecule has 1 saturated heterocycles. The average molecular weight is 547 g/mol. The highest BCUT2D eigenvalue weighted by Crippen LogP contribution is 2.57. The summed E-state index contributed by atoms with van der Waals surface area (Å²) in [5.74, 6) is 0.358. The summed E-state index contributed by atoms with van der Waals surface area (Å²) in [6.07, 6.45) is -4.71. The molecule has 0 saturated carbocycles. The van der Waals surface area contributed by atoms with Gasteiger partial charge in [-0.1, -0.05) is 0 Å². The van der Waals surface area contributed by atoms with Crippen LogP contribution in [0.2, 0.25) is 0 Å². The van der Waals surface area contributed by atoms with Crippen LogP contribution in [0.4, 0.5) is 5.82 Å². The number of aliphatic hydroxyl groups is 1. The highest BCUT2D eigenvalue weighted by atomic mass is 35.9. The Morgan fingerprint density at radius 1 is 1.23 bits per heavy atom. The summed E-state index contributed by atoms with van der Waals surface area (Å²) < 4.78 is 34.5. The number of nitrogens with one attached hydrogen (secondary N) is 1. The Morgan fingerprint density at radius 3 is 2.54 bits per heavy atom. The molecule has 3 aromatic rings. The summed E-state index contributed by atoms with van der Waals surface area (Å²) in [6.45, 7) is -0.395. The minimum absolute atomic E-state index is 0.142. The summed E-state index contributed by atoms with van der Waals surface area (Å²) in [5.41, 5.74) is 6.64. The van der Waals surface area contributed by atoms with Crippen molar-refractivity contribution in [1.29, 1.82) is 0 Å². The van der Waals surface area contributed by atoms with Crippen molar-refractivity contribution in [3.63, 3.8) is 0 Å². The van der Waals surface area contributed by atoms with Crippen LogP contribution in [-0.2, 0) is 13.8 Å². The van der Waals surface area contributed by atoms with Crippen LogP contribution < -0.4 is 20.5 Å². The Kier molecular flexibility index (Phi) is 7.36. The summed E-state index contributed by atoms with van der Waals surface area (Å²) in [7, 11) is 2.90. The average Bonchev–Trinajstić information content (AvgIpc) is 3.39. The molecule has 0 radical (unpaired) electrons. The number of rotatable bonds is 8. The van der Waals surface area contributed by atoms with Gasteiger partial charge in [0.25, 0.3) is 5.91 Å². The predicted molar refractivity (Wildman–Crippen MR) is 126 cm³/mol. The van der Waals surface area contributed by atoms with Crippen LogP contribution in [0, 0.1) is 0 Å². The first-order valence-corrected chi connectivity index (χ1v) is 13.5. The largest absolute Gasteiger partial charge is 0.497 e. The SMILES string of the molecule is COc1cc(OC)cc(C(=O)N[C@@H]2C(O)[C@H](n3cnc4c(N)ncnc43)O[C@@H]2COP(=O)(Cl)Cl)c1. The normalized spacial score (nSPS) is 22.3. The van der Waals surface area contributed by atoms with E-state index in [1.54, 1.807) is 6.07 Å². The van der Waals surface area contributed by atoms with Gasteiger partial charge in [-0.15, -0.1) is 0 Å². The van der Waals surface area contributed by atoms with Gasteiger partial charge >= 0.3 is 6.07 Å². The van der Waals surface area contributed by atoms with Gasteiger partial charge in [0, 0.05) is 11.6 Å². The van der Waals surface area contributed by atoms with E-state index in [9.17, 15) is 14.5 Å². The third kappa shape index (κ3) is 5.45. The molecule has 3 heterocycles. The number of halogens is 2. The van der Waals surface area contributed by atoms with Crippen LogP contribution >= 0.6 is 28.6 Å². The fourth-order valence-electron chi connectivity index (χ4n) is 3.68.